The molecule has 1 fully saturated rings. The minimum Gasteiger partial charge on any atom is -0.342 e. The Kier molecular flexibility index (Phi) is 5.00. The lowest BCUT2D eigenvalue weighted by atomic mass is 9.92. The van der Waals surface area contributed by atoms with E-state index in [-0.39, 0.29) is 23.9 Å². The fourth-order valence-electron chi connectivity index (χ4n) is 2.63. The highest BCUT2D eigenvalue weighted by Crippen LogP contribution is 2.23. The van der Waals surface area contributed by atoms with Gasteiger partial charge in [0.05, 0.1) is 6.42 Å². The van der Waals surface area contributed by atoms with E-state index in [2.05, 4.69) is 0 Å². The van der Waals surface area contributed by atoms with Crippen LogP contribution in [0.5, 0.6) is 0 Å². The molecule has 1 aromatic carbocycles. The molecule has 2 atom stereocenters. The van der Waals surface area contributed by atoms with Crippen LogP contribution >= 0.6 is 11.6 Å². The van der Waals surface area contributed by atoms with Crippen molar-refractivity contribution in [1.29, 1.82) is 0 Å². The second kappa shape index (κ2) is 6.55. The van der Waals surface area contributed by atoms with Gasteiger partial charge in [0.25, 0.3) is 0 Å². The molecule has 1 heterocycles. The zero-order valence-corrected chi connectivity index (χ0v) is 12.4. The quantitative estimate of drug-likeness (QED) is 0.932. The Morgan fingerprint density at radius 1 is 1.60 bits per heavy atom. The molecule has 0 aliphatic carbocycles. The smallest absolute Gasteiger partial charge is 0.227 e. The van der Waals surface area contributed by atoms with E-state index in [1.165, 1.54) is 6.07 Å². The number of hydrogen-bond acceptors (Lipinski definition) is 2. The normalized spacial score (nSPS) is 20.8. The van der Waals surface area contributed by atoms with Gasteiger partial charge >= 0.3 is 0 Å². The Balaban J connectivity index is 2.05. The summed E-state index contributed by atoms with van der Waals surface area (Å²) in [5, 5.41) is 0.305. The van der Waals surface area contributed by atoms with Gasteiger partial charge in [-0.15, -0.1) is 0 Å². The summed E-state index contributed by atoms with van der Waals surface area (Å²) in [5.74, 6) is -0.183. The third-order valence-corrected chi connectivity index (χ3v) is 4.30. The number of hydrogen-bond donors (Lipinski definition) is 1. The number of piperidine rings is 1. The Morgan fingerprint density at radius 3 is 3.00 bits per heavy atom. The second-order valence-electron chi connectivity index (χ2n) is 5.48. The molecule has 1 saturated heterocycles. The van der Waals surface area contributed by atoms with Gasteiger partial charge < -0.3 is 10.6 Å². The van der Waals surface area contributed by atoms with E-state index < -0.39 is 5.82 Å². The van der Waals surface area contributed by atoms with Gasteiger partial charge in [-0.05, 0) is 37.8 Å². The summed E-state index contributed by atoms with van der Waals surface area (Å²) < 4.78 is 13.7. The molecule has 0 radical (unpaired) electrons. The molecule has 1 aromatic rings. The first-order valence-corrected chi connectivity index (χ1v) is 7.33. The van der Waals surface area contributed by atoms with Crippen molar-refractivity contribution in [2.75, 3.05) is 13.1 Å². The second-order valence-corrected chi connectivity index (χ2v) is 5.89. The highest BCUT2D eigenvalue weighted by molar-refractivity contribution is 6.31. The van der Waals surface area contributed by atoms with Crippen LogP contribution in [0.3, 0.4) is 0 Å². The van der Waals surface area contributed by atoms with Gasteiger partial charge in [-0.2, -0.15) is 0 Å². The maximum absolute atomic E-state index is 13.7. The van der Waals surface area contributed by atoms with Crippen LogP contribution in [0.4, 0.5) is 4.39 Å². The van der Waals surface area contributed by atoms with Gasteiger partial charge in [-0.3, -0.25) is 4.79 Å². The number of nitrogens with zero attached hydrogens (tertiary/aromatic N) is 1. The topological polar surface area (TPSA) is 46.3 Å². The lowest BCUT2D eigenvalue weighted by molar-refractivity contribution is -0.132. The van der Waals surface area contributed by atoms with Crippen LogP contribution < -0.4 is 5.73 Å². The van der Waals surface area contributed by atoms with Gasteiger partial charge in [0, 0.05) is 29.7 Å². The number of nitrogens with two attached hydrogens (primary N) is 1. The number of rotatable bonds is 3. The zero-order chi connectivity index (χ0) is 14.7. The summed E-state index contributed by atoms with van der Waals surface area (Å²) >= 11 is 5.96. The first-order valence-electron chi connectivity index (χ1n) is 6.95. The van der Waals surface area contributed by atoms with Gasteiger partial charge in [-0.1, -0.05) is 17.7 Å². The summed E-state index contributed by atoms with van der Waals surface area (Å²) in [5.41, 5.74) is 6.19. The third kappa shape index (κ3) is 3.49. The van der Waals surface area contributed by atoms with Crippen LogP contribution in [0, 0.1) is 11.7 Å². The molecule has 2 rings (SSSR count). The van der Waals surface area contributed by atoms with E-state index in [4.69, 9.17) is 17.3 Å². The molecular weight excluding hydrogens is 279 g/mol. The summed E-state index contributed by atoms with van der Waals surface area (Å²) in [4.78, 5) is 14.1. The van der Waals surface area contributed by atoms with Crippen LogP contribution in [-0.2, 0) is 11.2 Å². The van der Waals surface area contributed by atoms with Crippen molar-refractivity contribution in [3.8, 4) is 0 Å². The van der Waals surface area contributed by atoms with Crippen molar-refractivity contribution in [3.05, 3.63) is 34.6 Å². The number of amides is 1. The van der Waals surface area contributed by atoms with Gasteiger partial charge in [0.15, 0.2) is 0 Å². The molecule has 0 bridgehead atoms. The standard InChI is InChI=1S/C15H20ClFN2O/c1-10(18)11-4-3-7-19(9-11)15(20)8-12-13(16)5-2-6-14(12)17/h2,5-6,10-11H,3-4,7-9,18H2,1H3/t10-,11+/m0/s1. The molecule has 2 N–H and O–H groups in total. The van der Waals surface area contributed by atoms with E-state index in [0.717, 1.165) is 12.8 Å². The molecule has 0 spiro atoms. The number of carbonyl (C=O) groups is 1. The molecule has 1 aliphatic rings. The maximum Gasteiger partial charge on any atom is 0.227 e. The molecule has 0 aromatic heterocycles. The molecule has 5 heteroatoms. The van der Waals surface area contributed by atoms with Crippen LogP contribution in [0.1, 0.15) is 25.3 Å². The first-order chi connectivity index (χ1) is 9.49. The fraction of sp³-hybridized carbons (Fsp3) is 0.533. The van der Waals surface area contributed by atoms with E-state index in [1.54, 1.807) is 17.0 Å². The van der Waals surface area contributed by atoms with Crippen LogP contribution in [0.2, 0.25) is 5.02 Å². The lowest BCUT2D eigenvalue weighted by Gasteiger charge is -2.34. The third-order valence-electron chi connectivity index (χ3n) is 3.94. The van der Waals surface area contributed by atoms with E-state index >= 15 is 0 Å². The predicted octanol–water partition coefficient (Wildman–Crippen LogP) is 2.61. The highest BCUT2D eigenvalue weighted by Gasteiger charge is 2.26. The number of halogens is 2. The lowest BCUT2D eigenvalue weighted by Crippen LogP contribution is -2.45. The summed E-state index contributed by atoms with van der Waals surface area (Å²) in [6.45, 7) is 3.34. The molecular formula is C15H20ClFN2O. The SMILES string of the molecule is C[C@H](N)[C@@H]1CCCN(C(=O)Cc2c(F)cccc2Cl)C1. The minimum absolute atomic E-state index is 0.0111. The first kappa shape index (κ1) is 15.3. The van der Waals surface area contributed by atoms with Crippen molar-refractivity contribution in [2.45, 2.75) is 32.2 Å². The molecule has 20 heavy (non-hydrogen) atoms. The highest BCUT2D eigenvalue weighted by atomic mass is 35.5. The number of likely N-dealkylation sites (tertiary alicyclic amines) is 1. The molecule has 1 amide bonds. The van der Waals surface area contributed by atoms with E-state index in [1.807, 2.05) is 6.92 Å². The summed E-state index contributed by atoms with van der Waals surface area (Å²) in [6.07, 6.45) is 2.00. The van der Waals surface area contributed by atoms with Crippen molar-refractivity contribution in [2.24, 2.45) is 11.7 Å². The zero-order valence-electron chi connectivity index (χ0n) is 11.6. The Hall–Kier alpha value is -1.13. The minimum atomic E-state index is -0.424. The van der Waals surface area contributed by atoms with Crippen molar-refractivity contribution >= 4 is 17.5 Å². The molecule has 0 unspecified atom stereocenters. The summed E-state index contributed by atoms with van der Waals surface area (Å²) in [7, 11) is 0. The van der Waals surface area contributed by atoms with Crippen LogP contribution in [0.25, 0.3) is 0 Å². The average Bonchev–Trinajstić information content (AvgIpc) is 2.43. The van der Waals surface area contributed by atoms with Crippen molar-refractivity contribution < 1.29 is 9.18 Å². The van der Waals surface area contributed by atoms with Crippen molar-refractivity contribution in [1.82, 2.24) is 4.90 Å². The average molecular weight is 299 g/mol. The Bertz CT molecular complexity index is 473. The maximum atomic E-state index is 13.7. The van der Waals surface area contributed by atoms with Gasteiger partial charge in [-0.25, -0.2) is 4.39 Å². The number of carbonyl (C=O) groups excluding carboxylic acids is 1. The van der Waals surface area contributed by atoms with Crippen LogP contribution in [-0.4, -0.2) is 29.9 Å². The van der Waals surface area contributed by atoms with E-state index in [0.29, 0.717) is 24.0 Å². The molecule has 3 nitrogen and oxygen atoms in total. The monoisotopic (exact) mass is 298 g/mol. The molecule has 1 aliphatic heterocycles. The van der Waals surface area contributed by atoms with Gasteiger partial charge in [0.2, 0.25) is 5.91 Å². The Labute approximate surface area is 123 Å². The summed E-state index contributed by atoms with van der Waals surface area (Å²) in [6, 6.07) is 4.55. The fourth-order valence-corrected chi connectivity index (χ4v) is 2.86. The van der Waals surface area contributed by atoms with E-state index in [9.17, 15) is 9.18 Å². The van der Waals surface area contributed by atoms with Gasteiger partial charge in [0.1, 0.15) is 5.82 Å². The largest absolute Gasteiger partial charge is 0.342 e. The molecule has 110 valence electrons. The predicted molar refractivity (Wildman–Crippen MR) is 78.1 cm³/mol. The Morgan fingerprint density at radius 2 is 2.35 bits per heavy atom. The van der Waals surface area contributed by atoms with Crippen molar-refractivity contribution in [3.63, 3.8) is 0 Å². The molecule has 0 saturated carbocycles. The number of benzene rings is 1. The van der Waals surface area contributed by atoms with Crippen LogP contribution in [0.15, 0.2) is 18.2 Å².